The van der Waals surface area contributed by atoms with Gasteiger partial charge in [0, 0.05) is 26.3 Å². The summed E-state index contributed by atoms with van der Waals surface area (Å²) in [5, 5.41) is 10.1. The third kappa shape index (κ3) is 4.61. The van der Waals surface area contributed by atoms with Gasteiger partial charge in [-0.2, -0.15) is 0 Å². The summed E-state index contributed by atoms with van der Waals surface area (Å²) in [4.78, 5) is 4.90. The molecule has 6 heteroatoms. The minimum absolute atomic E-state index is 0.374. The van der Waals surface area contributed by atoms with E-state index in [-0.39, 0.29) is 0 Å². The molecule has 0 radical (unpaired) electrons. The molecule has 2 aromatic heterocycles. The quantitative estimate of drug-likeness (QED) is 0.284. The molecular formula is C30H30N4O2. The van der Waals surface area contributed by atoms with Crippen LogP contribution in [0.3, 0.4) is 0 Å². The van der Waals surface area contributed by atoms with E-state index < -0.39 is 6.29 Å². The van der Waals surface area contributed by atoms with Crippen LogP contribution in [0, 0.1) is 5.41 Å². The summed E-state index contributed by atoms with van der Waals surface area (Å²) < 4.78 is 14.9. The van der Waals surface area contributed by atoms with Gasteiger partial charge < -0.3 is 18.6 Å². The molecule has 6 nitrogen and oxygen atoms in total. The maximum absolute atomic E-state index is 9.24. The number of hydrogen-bond donors (Lipinski definition) is 1. The minimum Gasteiger partial charge on any atom is -0.354 e. The van der Waals surface area contributed by atoms with Gasteiger partial charge in [-0.3, -0.25) is 5.41 Å². The Balaban J connectivity index is 1.78. The zero-order valence-electron chi connectivity index (χ0n) is 20.6. The Hall–Kier alpha value is -4.00. The third-order valence-corrected chi connectivity index (χ3v) is 6.53. The first-order chi connectivity index (χ1) is 17.7. The molecule has 0 bridgehead atoms. The molecule has 0 aliphatic rings. The molecule has 0 saturated heterocycles. The lowest BCUT2D eigenvalue weighted by Crippen LogP contribution is -2.29. The third-order valence-electron chi connectivity index (χ3n) is 6.53. The molecule has 0 aliphatic carbocycles. The first-order valence-corrected chi connectivity index (χ1v) is 12.1. The molecule has 0 aliphatic heterocycles. The minimum atomic E-state index is -0.465. The maximum atomic E-state index is 9.24. The molecule has 0 atom stereocenters. The highest BCUT2D eigenvalue weighted by molar-refractivity contribution is 6.02. The summed E-state index contributed by atoms with van der Waals surface area (Å²) >= 11 is 0. The highest BCUT2D eigenvalue weighted by Gasteiger charge is 2.23. The van der Waals surface area contributed by atoms with Crippen LogP contribution in [0.25, 0.3) is 33.4 Å². The van der Waals surface area contributed by atoms with Crippen LogP contribution in [0.5, 0.6) is 0 Å². The summed E-state index contributed by atoms with van der Waals surface area (Å²) in [5.74, 6) is 0. The fourth-order valence-electron chi connectivity index (χ4n) is 4.72. The number of fused-ring (bicyclic) bond motifs is 1. The average molecular weight is 479 g/mol. The molecule has 0 fully saturated rings. The van der Waals surface area contributed by atoms with Gasteiger partial charge in [0.05, 0.1) is 24.0 Å². The van der Waals surface area contributed by atoms with Crippen molar-refractivity contribution in [2.45, 2.75) is 25.8 Å². The molecule has 36 heavy (non-hydrogen) atoms. The van der Waals surface area contributed by atoms with Crippen LogP contribution in [0.2, 0.25) is 0 Å². The Labute approximate surface area is 210 Å². The van der Waals surface area contributed by atoms with Gasteiger partial charge in [0.1, 0.15) is 11.1 Å². The molecule has 0 saturated carbocycles. The second-order valence-corrected chi connectivity index (χ2v) is 8.69. The molecule has 0 amide bonds. The zero-order chi connectivity index (χ0) is 24.9. The average Bonchev–Trinajstić information content (AvgIpc) is 3.28. The van der Waals surface area contributed by atoms with Crippen molar-refractivity contribution >= 4 is 11.0 Å². The van der Waals surface area contributed by atoms with Crippen LogP contribution in [0.4, 0.5) is 0 Å². The molecule has 3 aromatic carbocycles. The van der Waals surface area contributed by atoms with E-state index in [0.717, 1.165) is 46.4 Å². The summed E-state index contributed by atoms with van der Waals surface area (Å²) in [6.07, 6.45) is 2.11. The maximum Gasteiger partial charge on any atom is 0.174 e. The number of ether oxygens (including phenoxy) is 2. The van der Waals surface area contributed by atoms with Gasteiger partial charge >= 0.3 is 0 Å². The Morgan fingerprint density at radius 2 is 1.39 bits per heavy atom. The fraction of sp³-hybridized carbons (Fsp3) is 0.200. The number of aryl methyl sites for hydroxylation is 2. The van der Waals surface area contributed by atoms with E-state index in [0.29, 0.717) is 12.0 Å². The van der Waals surface area contributed by atoms with Gasteiger partial charge in [-0.25, -0.2) is 4.98 Å². The predicted octanol–water partition coefficient (Wildman–Crippen LogP) is 5.51. The summed E-state index contributed by atoms with van der Waals surface area (Å²) in [6.45, 7) is 1.12. The highest BCUT2D eigenvalue weighted by atomic mass is 16.7. The standard InChI is InChI=1S/C30H30N4O2/c1-35-25(36-2)20-33-21-32-30-27(29(33)31)26(23-14-8-4-9-15-23)28(24-16-10-5-11-17-24)34(30)19-18-22-12-6-3-7-13-22/h3-17,21,25,31H,18-20H2,1-2H3. The molecule has 0 spiro atoms. The topological polar surface area (TPSA) is 65.1 Å². The highest BCUT2D eigenvalue weighted by Crippen LogP contribution is 2.39. The zero-order valence-corrected chi connectivity index (χ0v) is 20.6. The number of nitrogens with zero attached hydrogens (tertiary/aromatic N) is 3. The number of methoxy groups -OCH3 is 2. The molecular weight excluding hydrogens is 448 g/mol. The summed E-state index contributed by atoms with van der Waals surface area (Å²) in [7, 11) is 3.21. The van der Waals surface area contributed by atoms with Crippen molar-refractivity contribution in [2.75, 3.05) is 14.2 Å². The van der Waals surface area contributed by atoms with Gasteiger partial charge in [0.15, 0.2) is 6.29 Å². The molecule has 182 valence electrons. The van der Waals surface area contributed by atoms with Gasteiger partial charge in [0.25, 0.3) is 0 Å². The van der Waals surface area contributed by atoms with Gasteiger partial charge in [-0.05, 0) is 23.1 Å². The number of hydrogen-bond acceptors (Lipinski definition) is 4. The van der Waals surface area contributed by atoms with E-state index in [1.165, 1.54) is 5.56 Å². The molecule has 2 heterocycles. The first-order valence-electron chi connectivity index (χ1n) is 12.1. The Morgan fingerprint density at radius 3 is 2.00 bits per heavy atom. The SMILES string of the molecule is COC(Cn1cnc2c(c(-c3ccccc3)c(-c3ccccc3)n2CCc2ccccc2)c1=N)OC. The number of benzene rings is 3. The molecule has 0 unspecified atom stereocenters. The van der Waals surface area contributed by atoms with Crippen LogP contribution < -0.4 is 5.49 Å². The Kier molecular flexibility index (Phi) is 7.07. The lowest BCUT2D eigenvalue weighted by molar-refractivity contribution is -0.111. The monoisotopic (exact) mass is 478 g/mol. The van der Waals surface area contributed by atoms with Gasteiger partial charge in [-0.1, -0.05) is 91.0 Å². The van der Waals surface area contributed by atoms with Crippen molar-refractivity contribution < 1.29 is 9.47 Å². The van der Waals surface area contributed by atoms with Crippen LogP contribution >= 0.6 is 0 Å². The number of rotatable bonds is 9. The van der Waals surface area contributed by atoms with E-state index in [9.17, 15) is 5.41 Å². The molecule has 5 rings (SSSR count). The van der Waals surface area contributed by atoms with Crippen LogP contribution in [0.15, 0.2) is 97.3 Å². The second kappa shape index (κ2) is 10.7. The molecule has 5 aromatic rings. The Morgan fingerprint density at radius 1 is 0.806 bits per heavy atom. The van der Waals surface area contributed by atoms with Crippen molar-refractivity contribution in [3.05, 3.63) is 108 Å². The van der Waals surface area contributed by atoms with Crippen molar-refractivity contribution in [1.29, 1.82) is 5.41 Å². The largest absolute Gasteiger partial charge is 0.354 e. The van der Waals surface area contributed by atoms with Crippen molar-refractivity contribution in [3.8, 4) is 22.4 Å². The number of nitrogens with one attached hydrogen (secondary N) is 1. The van der Waals surface area contributed by atoms with Crippen molar-refractivity contribution in [3.63, 3.8) is 0 Å². The normalized spacial score (nSPS) is 11.4. The van der Waals surface area contributed by atoms with E-state index in [2.05, 4.69) is 65.2 Å². The Bertz CT molecular complexity index is 1490. The number of aromatic nitrogens is 3. The lowest BCUT2D eigenvalue weighted by atomic mass is 9.99. The van der Waals surface area contributed by atoms with Crippen molar-refractivity contribution in [2.24, 2.45) is 0 Å². The van der Waals surface area contributed by atoms with Crippen molar-refractivity contribution in [1.82, 2.24) is 14.1 Å². The summed E-state index contributed by atoms with van der Waals surface area (Å²) in [5.41, 5.74) is 6.69. The smallest absolute Gasteiger partial charge is 0.174 e. The summed E-state index contributed by atoms with van der Waals surface area (Å²) in [6, 6.07) is 31.2. The van der Waals surface area contributed by atoms with Crippen LogP contribution in [-0.2, 0) is 29.0 Å². The predicted molar refractivity (Wildman–Crippen MR) is 142 cm³/mol. The first kappa shape index (κ1) is 23.7. The second-order valence-electron chi connectivity index (χ2n) is 8.69. The van der Waals surface area contributed by atoms with E-state index in [1.807, 2.05) is 30.3 Å². The van der Waals surface area contributed by atoms with Gasteiger partial charge in [-0.15, -0.1) is 0 Å². The van der Waals surface area contributed by atoms with E-state index in [4.69, 9.17) is 14.5 Å². The molecule has 1 N–H and O–H groups in total. The van der Waals surface area contributed by atoms with E-state index >= 15 is 0 Å². The lowest BCUT2D eigenvalue weighted by Gasteiger charge is -2.15. The van der Waals surface area contributed by atoms with Gasteiger partial charge in [0.2, 0.25) is 0 Å². The van der Waals surface area contributed by atoms with Crippen LogP contribution in [0.1, 0.15) is 5.56 Å². The fourth-order valence-corrected chi connectivity index (χ4v) is 4.72. The van der Waals surface area contributed by atoms with Crippen LogP contribution in [-0.4, -0.2) is 34.6 Å². The van der Waals surface area contributed by atoms with E-state index in [1.54, 1.807) is 25.1 Å².